The molecule has 2 aromatic heterocycles. The Morgan fingerprint density at radius 2 is 1.88 bits per heavy atom. The van der Waals surface area contributed by atoms with Gasteiger partial charge in [0.2, 0.25) is 10.0 Å². The minimum atomic E-state index is -3.42. The fourth-order valence-electron chi connectivity index (χ4n) is 2.18. The molecule has 3 rings (SSSR count). The molecular formula is C17H17N3O2S2. The summed E-state index contributed by atoms with van der Waals surface area (Å²) in [7, 11) is -1.85. The van der Waals surface area contributed by atoms with Crippen molar-refractivity contribution in [1.82, 2.24) is 14.3 Å². The summed E-state index contributed by atoms with van der Waals surface area (Å²) in [5.74, 6) is 0. The van der Waals surface area contributed by atoms with Crippen LogP contribution in [-0.2, 0) is 10.0 Å². The first-order valence-electron chi connectivity index (χ1n) is 7.45. The van der Waals surface area contributed by atoms with Crippen LogP contribution in [0.4, 0.5) is 0 Å². The average Bonchev–Trinajstić information content (AvgIpc) is 3.12. The summed E-state index contributed by atoms with van der Waals surface area (Å²) in [4.78, 5) is 9.00. The molecule has 0 fully saturated rings. The van der Waals surface area contributed by atoms with Gasteiger partial charge in [0.15, 0.2) is 0 Å². The maximum Gasteiger partial charge on any atom is 0.242 e. The van der Waals surface area contributed by atoms with Gasteiger partial charge in [0.25, 0.3) is 0 Å². The lowest BCUT2D eigenvalue weighted by atomic mass is 10.2. The molecule has 0 aliphatic rings. The lowest BCUT2D eigenvalue weighted by molar-refractivity contribution is 0.486. The third-order valence-corrected chi connectivity index (χ3v) is 6.55. The van der Waals surface area contributed by atoms with Crippen LogP contribution >= 0.6 is 11.3 Å². The second-order valence-corrected chi connectivity index (χ2v) is 8.13. The van der Waals surface area contributed by atoms with E-state index in [1.54, 1.807) is 50.6 Å². The van der Waals surface area contributed by atoms with E-state index in [9.17, 15) is 8.42 Å². The van der Waals surface area contributed by atoms with Gasteiger partial charge in [-0.05, 0) is 24.3 Å². The maximum atomic E-state index is 12.3. The summed E-state index contributed by atoms with van der Waals surface area (Å²) in [6.07, 6.45) is 3.50. The fourth-order valence-corrected chi connectivity index (χ4v) is 4.18. The van der Waals surface area contributed by atoms with Crippen LogP contribution in [0.25, 0.3) is 21.8 Å². The predicted octanol–water partition coefficient (Wildman–Crippen LogP) is 3.51. The lowest BCUT2D eigenvalue weighted by Gasteiger charge is -2.14. The fraction of sp³-hybridized carbons (Fsp3) is 0.176. The largest absolute Gasteiger partial charge is 0.264 e. The standard InChI is InChI=1S/C17H17N3O2S2/c1-3-20(2)24(21,22)15-8-6-13(7-9-15)16-12-23-17(19-16)14-5-4-10-18-11-14/h4-12H,3H2,1-2H3. The summed E-state index contributed by atoms with van der Waals surface area (Å²) in [6.45, 7) is 2.24. The summed E-state index contributed by atoms with van der Waals surface area (Å²) in [5.41, 5.74) is 2.68. The van der Waals surface area contributed by atoms with E-state index in [1.807, 2.05) is 17.5 Å². The molecule has 0 unspecified atom stereocenters. The lowest BCUT2D eigenvalue weighted by Crippen LogP contribution is -2.26. The molecule has 1 aromatic carbocycles. The van der Waals surface area contributed by atoms with Crippen LogP contribution in [0.15, 0.2) is 59.1 Å². The zero-order valence-corrected chi connectivity index (χ0v) is 15.0. The van der Waals surface area contributed by atoms with Crippen molar-refractivity contribution in [2.75, 3.05) is 13.6 Å². The number of thiazole rings is 1. The molecule has 7 heteroatoms. The zero-order chi connectivity index (χ0) is 17.2. The van der Waals surface area contributed by atoms with Crippen molar-refractivity contribution in [3.05, 3.63) is 54.2 Å². The Hall–Kier alpha value is -2.09. The summed E-state index contributed by atoms with van der Waals surface area (Å²) >= 11 is 1.54. The first-order valence-corrected chi connectivity index (χ1v) is 9.77. The highest BCUT2D eigenvalue weighted by Gasteiger charge is 2.19. The van der Waals surface area contributed by atoms with Crippen LogP contribution in [0.1, 0.15) is 6.92 Å². The normalized spacial score (nSPS) is 11.8. The van der Waals surface area contributed by atoms with E-state index < -0.39 is 10.0 Å². The third-order valence-electron chi connectivity index (χ3n) is 3.72. The first-order chi connectivity index (χ1) is 11.5. The van der Waals surface area contributed by atoms with Crippen molar-refractivity contribution in [2.24, 2.45) is 0 Å². The van der Waals surface area contributed by atoms with Crippen LogP contribution in [-0.4, -0.2) is 36.3 Å². The first kappa shape index (κ1) is 16.8. The minimum absolute atomic E-state index is 0.290. The van der Waals surface area contributed by atoms with Crippen molar-refractivity contribution in [3.8, 4) is 21.8 Å². The molecule has 0 amide bonds. The number of hydrogen-bond donors (Lipinski definition) is 0. The molecule has 0 N–H and O–H groups in total. The van der Waals surface area contributed by atoms with Gasteiger partial charge < -0.3 is 0 Å². The Bertz CT molecular complexity index is 920. The summed E-state index contributed by atoms with van der Waals surface area (Å²) in [5, 5.41) is 2.85. The molecule has 5 nitrogen and oxygen atoms in total. The summed E-state index contributed by atoms with van der Waals surface area (Å²) < 4.78 is 25.9. The van der Waals surface area contributed by atoms with Crippen LogP contribution < -0.4 is 0 Å². The molecule has 0 saturated carbocycles. The highest BCUT2D eigenvalue weighted by molar-refractivity contribution is 7.89. The average molecular weight is 359 g/mol. The SMILES string of the molecule is CCN(C)S(=O)(=O)c1ccc(-c2csc(-c3cccnc3)n2)cc1. The maximum absolute atomic E-state index is 12.3. The van der Waals surface area contributed by atoms with Gasteiger partial charge in [-0.2, -0.15) is 0 Å². The van der Waals surface area contributed by atoms with Crippen LogP contribution in [0.2, 0.25) is 0 Å². The molecule has 0 radical (unpaired) electrons. The van der Waals surface area contributed by atoms with Gasteiger partial charge in [0.1, 0.15) is 5.01 Å². The van der Waals surface area contributed by atoms with Crippen molar-refractivity contribution in [2.45, 2.75) is 11.8 Å². The van der Waals surface area contributed by atoms with Crippen LogP contribution in [0, 0.1) is 0 Å². The van der Waals surface area contributed by atoms with Crippen molar-refractivity contribution >= 4 is 21.4 Å². The number of rotatable bonds is 5. The van der Waals surface area contributed by atoms with E-state index in [1.165, 1.54) is 15.6 Å². The van der Waals surface area contributed by atoms with Gasteiger partial charge >= 0.3 is 0 Å². The van der Waals surface area contributed by atoms with Gasteiger partial charge in [-0.15, -0.1) is 11.3 Å². The molecule has 124 valence electrons. The number of hydrogen-bond acceptors (Lipinski definition) is 5. The second kappa shape index (κ2) is 6.80. The predicted molar refractivity (Wildman–Crippen MR) is 96.3 cm³/mol. The molecule has 0 bridgehead atoms. The van der Waals surface area contributed by atoms with Crippen molar-refractivity contribution in [1.29, 1.82) is 0 Å². The molecule has 24 heavy (non-hydrogen) atoms. The number of sulfonamides is 1. The number of benzene rings is 1. The molecule has 0 atom stereocenters. The van der Waals surface area contributed by atoms with E-state index >= 15 is 0 Å². The van der Waals surface area contributed by atoms with Gasteiger partial charge in [0, 0.05) is 42.5 Å². The smallest absolute Gasteiger partial charge is 0.242 e. The Morgan fingerprint density at radius 1 is 1.12 bits per heavy atom. The second-order valence-electron chi connectivity index (χ2n) is 5.22. The van der Waals surface area contributed by atoms with E-state index in [0.717, 1.165) is 21.8 Å². The van der Waals surface area contributed by atoms with E-state index in [-0.39, 0.29) is 0 Å². The molecule has 2 heterocycles. The Kier molecular flexibility index (Phi) is 4.75. The minimum Gasteiger partial charge on any atom is -0.264 e. The molecular weight excluding hydrogens is 342 g/mol. The summed E-state index contributed by atoms with van der Waals surface area (Å²) in [6, 6.07) is 10.7. The van der Waals surface area contributed by atoms with Gasteiger partial charge in [-0.3, -0.25) is 4.98 Å². The monoisotopic (exact) mass is 359 g/mol. The van der Waals surface area contributed by atoms with E-state index in [4.69, 9.17) is 0 Å². The highest BCUT2D eigenvalue weighted by Crippen LogP contribution is 2.29. The third kappa shape index (κ3) is 3.24. The van der Waals surface area contributed by atoms with Crippen LogP contribution in [0.3, 0.4) is 0 Å². The molecule has 0 aliphatic carbocycles. The van der Waals surface area contributed by atoms with Crippen molar-refractivity contribution < 1.29 is 8.42 Å². The molecule has 0 aliphatic heterocycles. The Balaban J connectivity index is 1.88. The van der Waals surface area contributed by atoms with Gasteiger partial charge in [-0.25, -0.2) is 17.7 Å². The Labute approximate surface area is 145 Å². The van der Waals surface area contributed by atoms with Crippen molar-refractivity contribution in [3.63, 3.8) is 0 Å². The zero-order valence-electron chi connectivity index (χ0n) is 13.4. The number of aromatic nitrogens is 2. The van der Waals surface area contributed by atoms with E-state index in [0.29, 0.717) is 11.4 Å². The number of nitrogens with zero attached hydrogens (tertiary/aromatic N) is 3. The quantitative estimate of drug-likeness (QED) is 0.699. The highest BCUT2D eigenvalue weighted by atomic mass is 32.2. The number of pyridine rings is 1. The van der Waals surface area contributed by atoms with Gasteiger partial charge in [0.05, 0.1) is 10.6 Å². The molecule has 0 spiro atoms. The van der Waals surface area contributed by atoms with Gasteiger partial charge in [-0.1, -0.05) is 19.1 Å². The topological polar surface area (TPSA) is 63.2 Å². The molecule has 3 aromatic rings. The van der Waals surface area contributed by atoms with Crippen LogP contribution in [0.5, 0.6) is 0 Å². The molecule has 0 saturated heterocycles. The van der Waals surface area contributed by atoms with E-state index in [2.05, 4.69) is 9.97 Å². The Morgan fingerprint density at radius 3 is 2.50 bits per heavy atom.